The summed E-state index contributed by atoms with van der Waals surface area (Å²) in [7, 11) is 0. The fourth-order valence-electron chi connectivity index (χ4n) is 1.37. The zero-order valence-corrected chi connectivity index (χ0v) is 12.2. The van der Waals surface area contributed by atoms with Gasteiger partial charge in [-0.2, -0.15) is 11.8 Å². The van der Waals surface area contributed by atoms with Gasteiger partial charge in [0.05, 0.1) is 12.0 Å². The van der Waals surface area contributed by atoms with Gasteiger partial charge in [0.2, 0.25) is 0 Å². The van der Waals surface area contributed by atoms with Crippen LogP contribution < -0.4 is 0 Å². The van der Waals surface area contributed by atoms with Crippen LogP contribution in [0, 0.1) is 0 Å². The molecule has 0 unspecified atom stereocenters. The second-order valence-electron chi connectivity index (χ2n) is 5.96. The van der Waals surface area contributed by atoms with E-state index in [-0.39, 0.29) is 5.41 Å². The number of rotatable bonds is 4. The van der Waals surface area contributed by atoms with Crippen LogP contribution in [0.3, 0.4) is 0 Å². The van der Waals surface area contributed by atoms with Gasteiger partial charge in [0.15, 0.2) is 0 Å². The molecule has 0 atom stereocenters. The number of aryl methyl sites for hydroxylation is 1. The van der Waals surface area contributed by atoms with E-state index in [9.17, 15) is 0 Å². The smallest absolute Gasteiger partial charge is 0.0949 e. The number of nitrogens with zero attached hydrogens (tertiary/aromatic N) is 2. The molecule has 0 saturated heterocycles. The summed E-state index contributed by atoms with van der Waals surface area (Å²) < 4.78 is 2.56. The third-order valence-electron chi connectivity index (χ3n) is 2.93. The van der Waals surface area contributed by atoms with Gasteiger partial charge >= 0.3 is 0 Å². The first kappa shape index (κ1) is 13.6. The molecule has 92 valence electrons. The summed E-state index contributed by atoms with van der Waals surface area (Å²) in [5, 5.41) is 0. The molecule has 0 saturated carbocycles. The molecule has 0 spiro atoms. The number of imidazole rings is 1. The van der Waals surface area contributed by atoms with Gasteiger partial charge in [-0.05, 0) is 12.7 Å². The average Bonchev–Trinajstić information content (AvgIpc) is 2.63. The Morgan fingerprint density at radius 1 is 1.25 bits per heavy atom. The maximum Gasteiger partial charge on any atom is 0.0949 e. The van der Waals surface area contributed by atoms with Gasteiger partial charge in [-0.25, -0.2) is 4.98 Å². The fraction of sp³-hybridized carbons (Fsp3) is 0.769. The summed E-state index contributed by atoms with van der Waals surface area (Å²) in [6, 6.07) is 0. The minimum absolute atomic E-state index is 0.153. The molecule has 1 aromatic heterocycles. The van der Waals surface area contributed by atoms with Crippen molar-refractivity contribution < 1.29 is 0 Å². The van der Waals surface area contributed by atoms with E-state index in [2.05, 4.69) is 56.6 Å². The van der Waals surface area contributed by atoms with Gasteiger partial charge in [-0.1, -0.05) is 34.6 Å². The van der Waals surface area contributed by atoms with E-state index in [4.69, 9.17) is 0 Å². The van der Waals surface area contributed by atoms with E-state index >= 15 is 0 Å². The Hall–Kier alpha value is -0.440. The molecule has 1 heterocycles. The van der Waals surface area contributed by atoms with E-state index in [1.165, 1.54) is 12.1 Å². The Balaban J connectivity index is 2.60. The van der Waals surface area contributed by atoms with Crippen LogP contribution in [-0.4, -0.2) is 20.6 Å². The molecule has 3 heteroatoms. The maximum absolute atomic E-state index is 4.47. The number of thioether (sulfide) groups is 1. The van der Waals surface area contributed by atoms with Crippen molar-refractivity contribution in [2.45, 2.75) is 57.7 Å². The molecule has 0 N–H and O–H groups in total. The van der Waals surface area contributed by atoms with E-state index in [0.717, 1.165) is 6.54 Å². The lowest BCUT2D eigenvalue weighted by atomic mass is 9.93. The standard InChI is InChI=1S/C13H24N2S/c1-12(2,3)11-9-15(10-14-11)8-7-13(4,5)16-6/h9-10H,7-8H2,1-6H3. The quantitative estimate of drug-likeness (QED) is 0.798. The summed E-state index contributed by atoms with van der Waals surface area (Å²) >= 11 is 1.92. The molecular weight excluding hydrogens is 216 g/mol. The molecule has 0 amide bonds. The van der Waals surface area contributed by atoms with Crippen LogP contribution in [0.2, 0.25) is 0 Å². The maximum atomic E-state index is 4.47. The minimum Gasteiger partial charge on any atom is -0.337 e. The van der Waals surface area contributed by atoms with Crippen molar-refractivity contribution in [2.24, 2.45) is 0 Å². The Labute approximate surface area is 104 Å². The van der Waals surface area contributed by atoms with Crippen LogP contribution >= 0.6 is 11.8 Å². The lowest BCUT2D eigenvalue weighted by molar-refractivity contribution is 0.547. The number of hydrogen-bond donors (Lipinski definition) is 0. The molecule has 0 fully saturated rings. The van der Waals surface area contributed by atoms with E-state index in [0.29, 0.717) is 4.75 Å². The molecule has 0 aromatic carbocycles. The Morgan fingerprint density at radius 2 is 1.88 bits per heavy atom. The van der Waals surface area contributed by atoms with Gasteiger partial charge in [0.1, 0.15) is 0 Å². The molecule has 16 heavy (non-hydrogen) atoms. The predicted octanol–water partition coefficient (Wildman–Crippen LogP) is 3.71. The molecule has 0 aliphatic heterocycles. The summed E-state index contributed by atoms with van der Waals surface area (Å²) in [6.45, 7) is 12.2. The van der Waals surface area contributed by atoms with Gasteiger partial charge in [-0.15, -0.1) is 0 Å². The molecule has 1 rings (SSSR count). The van der Waals surface area contributed by atoms with E-state index < -0.39 is 0 Å². The molecule has 0 radical (unpaired) electrons. The Morgan fingerprint density at radius 3 is 2.31 bits per heavy atom. The van der Waals surface area contributed by atoms with Crippen LogP contribution in [0.25, 0.3) is 0 Å². The highest BCUT2D eigenvalue weighted by Crippen LogP contribution is 2.26. The molecule has 2 nitrogen and oxygen atoms in total. The van der Waals surface area contributed by atoms with Crippen molar-refractivity contribution in [1.82, 2.24) is 9.55 Å². The minimum atomic E-state index is 0.153. The second kappa shape index (κ2) is 4.82. The first-order valence-corrected chi connectivity index (χ1v) is 7.04. The lowest BCUT2D eigenvalue weighted by Crippen LogP contribution is -2.17. The van der Waals surface area contributed by atoms with Gasteiger partial charge in [0.25, 0.3) is 0 Å². The van der Waals surface area contributed by atoms with Gasteiger partial charge < -0.3 is 4.57 Å². The monoisotopic (exact) mass is 240 g/mol. The predicted molar refractivity (Wildman–Crippen MR) is 73.1 cm³/mol. The summed E-state index contributed by atoms with van der Waals surface area (Å²) in [4.78, 5) is 4.47. The SMILES string of the molecule is CSC(C)(C)CCn1cnc(C(C)(C)C)c1. The molecule has 0 aliphatic carbocycles. The topological polar surface area (TPSA) is 17.8 Å². The lowest BCUT2D eigenvalue weighted by Gasteiger charge is -2.21. The van der Waals surface area contributed by atoms with Crippen LogP contribution in [0.15, 0.2) is 12.5 Å². The zero-order valence-electron chi connectivity index (χ0n) is 11.4. The largest absolute Gasteiger partial charge is 0.337 e. The molecule has 0 bridgehead atoms. The first-order valence-electron chi connectivity index (χ1n) is 5.82. The van der Waals surface area contributed by atoms with Gasteiger partial charge in [-0.3, -0.25) is 0 Å². The average molecular weight is 240 g/mol. The third-order valence-corrected chi connectivity index (χ3v) is 4.24. The Kier molecular flexibility index (Phi) is 4.11. The molecule has 0 aliphatic rings. The highest BCUT2D eigenvalue weighted by molar-refractivity contribution is 7.99. The number of aromatic nitrogens is 2. The van der Waals surface area contributed by atoms with Crippen LogP contribution in [0.1, 0.15) is 46.7 Å². The summed E-state index contributed by atoms with van der Waals surface area (Å²) in [5.41, 5.74) is 1.33. The van der Waals surface area contributed by atoms with Crippen molar-refractivity contribution in [3.05, 3.63) is 18.2 Å². The van der Waals surface area contributed by atoms with Crippen LogP contribution in [-0.2, 0) is 12.0 Å². The normalized spacial score (nSPS) is 13.1. The third kappa shape index (κ3) is 3.85. The van der Waals surface area contributed by atoms with Gasteiger partial charge in [0, 0.05) is 22.9 Å². The summed E-state index contributed by atoms with van der Waals surface area (Å²) in [6.07, 6.45) is 7.48. The van der Waals surface area contributed by atoms with E-state index in [1.807, 2.05) is 18.1 Å². The van der Waals surface area contributed by atoms with Crippen LogP contribution in [0.4, 0.5) is 0 Å². The fourth-order valence-corrected chi connectivity index (χ4v) is 1.67. The Bertz CT molecular complexity index is 334. The highest BCUT2D eigenvalue weighted by atomic mass is 32.2. The summed E-state index contributed by atoms with van der Waals surface area (Å²) in [5.74, 6) is 0. The van der Waals surface area contributed by atoms with Crippen molar-refractivity contribution in [3.63, 3.8) is 0 Å². The highest BCUT2D eigenvalue weighted by Gasteiger charge is 2.18. The van der Waals surface area contributed by atoms with Crippen molar-refractivity contribution in [2.75, 3.05) is 6.26 Å². The second-order valence-corrected chi connectivity index (χ2v) is 7.47. The first-order chi connectivity index (χ1) is 7.24. The van der Waals surface area contributed by atoms with Crippen molar-refractivity contribution in [1.29, 1.82) is 0 Å². The van der Waals surface area contributed by atoms with E-state index in [1.54, 1.807) is 0 Å². The van der Waals surface area contributed by atoms with Crippen LogP contribution in [0.5, 0.6) is 0 Å². The van der Waals surface area contributed by atoms with Crippen molar-refractivity contribution >= 4 is 11.8 Å². The zero-order chi connectivity index (χ0) is 12.4. The number of hydrogen-bond acceptors (Lipinski definition) is 2. The molecule has 1 aromatic rings. The van der Waals surface area contributed by atoms with Crippen molar-refractivity contribution in [3.8, 4) is 0 Å². The molecular formula is C13H24N2S.